The number of allylic oxidation sites excluding steroid dienone is 4. The largest absolute Gasteiger partial charge is 0.510 e. The molecule has 0 radical (unpaired) electrons. The fourth-order valence-corrected chi connectivity index (χ4v) is 3.28. The second kappa shape index (κ2) is 8.42. The molecule has 0 amide bonds. The number of aliphatic hydroxyl groups is 1. The minimum Gasteiger partial charge on any atom is -0.510 e. The highest BCUT2D eigenvalue weighted by Crippen LogP contribution is 2.35. The van der Waals surface area contributed by atoms with Crippen LogP contribution in [0, 0.1) is 12.3 Å². The molecule has 3 heterocycles. The minimum atomic E-state index is -0.0808. The van der Waals surface area contributed by atoms with Crippen LogP contribution in [-0.4, -0.2) is 50.3 Å². The van der Waals surface area contributed by atoms with E-state index in [9.17, 15) is 5.11 Å². The average molecular weight is 406 g/mol. The van der Waals surface area contributed by atoms with Crippen LogP contribution < -0.4 is 0 Å². The Hall–Kier alpha value is -3.59. The van der Waals surface area contributed by atoms with E-state index in [1.807, 2.05) is 37.3 Å². The zero-order valence-electron chi connectivity index (χ0n) is 16.7. The summed E-state index contributed by atoms with van der Waals surface area (Å²) in [6.45, 7) is 2.26. The van der Waals surface area contributed by atoms with E-state index >= 15 is 0 Å². The monoisotopic (exact) mass is 406 g/mol. The summed E-state index contributed by atoms with van der Waals surface area (Å²) >= 11 is 0. The number of nitrogens with zero attached hydrogens (tertiary/aromatic N) is 5. The number of methoxy groups -OCH3 is 1. The van der Waals surface area contributed by atoms with E-state index in [2.05, 4.69) is 20.3 Å². The van der Waals surface area contributed by atoms with Gasteiger partial charge in [-0.25, -0.2) is 0 Å². The number of ether oxygens (including phenoxy) is 2. The minimum absolute atomic E-state index is 0.00482. The summed E-state index contributed by atoms with van der Waals surface area (Å²) in [5, 5.41) is 31.1. The number of pyridine rings is 1. The lowest BCUT2D eigenvalue weighted by Crippen LogP contribution is -2.26. The van der Waals surface area contributed by atoms with Crippen molar-refractivity contribution in [3.8, 4) is 0 Å². The highest BCUT2D eigenvalue weighted by molar-refractivity contribution is 6.05. The van der Waals surface area contributed by atoms with Gasteiger partial charge in [-0.1, -0.05) is 24.3 Å². The van der Waals surface area contributed by atoms with E-state index in [1.165, 1.54) is 17.9 Å². The van der Waals surface area contributed by atoms with E-state index < -0.39 is 0 Å². The molecular formula is C21H22N6O3. The van der Waals surface area contributed by atoms with Crippen molar-refractivity contribution in [2.45, 2.75) is 25.9 Å². The van der Waals surface area contributed by atoms with Crippen molar-refractivity contribution in [2.75, 3.05) is 13.7 Å². The van der Waals surface area contributed by atoms with Crippen molar-refractivity contribution >= 4 is 11.6 Å². The summed E-state index contributed by atoms with van der Waals surface area (Å²) in [5.41, 5.74) is 2.77. The molecule has 9 nitrogen and oxygen atoms in total. The van der Waals surface area contributed by atoms with Crippen LogP contribution in [0.1, 0.15) is 35.2 Å². The first kappa shape index (κ1) is 19.7. The van der Waals surface area contributed by atoms with Crippen molar-refractivity contribution in [2.24, 2.45) is 5.10 Å². The van der Waals surface area contributed by atoms with Gasteiger partial charge >= 0.3 is 0 Å². The first-order valence-corrected chi connectivity index (χ1v) is 9.50. The molecule has 2 N–H and O–H groups in total. The molecule has 2 aliphatic rings. The van der Waals surface area contributed by atoms with Crippen molar-refractivity contribution < 1.29 is 14.6 Å². The SMILES string of the molecule is COC/C(O)=C/C(=N)c1nnc2n1N=C(OCc1ccc(C)cn1)C1=CC=CCC12. The number of fused-ring (bicyclic) bond motifs is 3. The van der Waals surface area contributed by atoms with E-state index in [1.54, 1.807) is 6.20 Å². The fraction of sp³-hybridized carbons (Fsp3) is 0.286. The number of aryl methyl sites for hydroxylation is 1. The smallest absolute Gasteiger partial charge is 0.236 e. The third kappa shape index (κ3) is 3.92. The third-order valence-corrected chi connectivity index (χ3v) is 4.75. The Bertz CT molecular complexity index is 1080. The third-order valence-electron chi connectivity index (χ3n) is 4.75. The predicted molar refractivity (Wildman–Crippen MR) is 111 cm³/mol. The molecule has 0 aromatic carbocycles. The zero-order chi connectivity index (χ0) is 21.1. The van der Waals surface area contributed by atoms with Gasteiger partial charge in [0, 0.05) is 25.0 Å². The number of rotatable bonds is 6. The molecule has 30 heavy (non-hydrogen) atoms. The van der Waals surface area contributed by atoms with Gasteiger partial charge in [-0.05, 0) is 25.0 Å². The Morgan fingerprint density at radius 3 is 3.00 bits per heavy atom. The van der Waals surface area contributed by atoms with E-state index in [0.717, 1.165) is 23.3 Å². The number of aliphatic hydroxyl groups excluding tert-OH is 1. The molecule has 2 aromatic rings. The lowest BCUT2D eigenvalue weighted by molar-refractivity contribution is 0.183. The average Bonchev–Trinajstić information content (AvgIpc) is 3.17. The molecule has 1 atom stereocenters. The Morgan fingerprint density at radius 1 is 1.37 bits per heavy atom. The number of hydrogen-bond acceptors (Lipinski definition) is 8. The van der Waals surface area contributed by atoms with Gasteiger partial charge in [-0.3, -0.25) is 10.4 Å². The number of aromatic nitrogens is 4. The predicted octanol–water partition coefficient (Wildman–Crippen LogP) is 2.80. The maximum Gasteiger partial charge on any atom is 0.236 e. The lowest BCUT2D eigenvalue weighted by Gasteiger charge is -2.26. The summed E-state index contributed by atoms with van der Waals surface area (Å²) in [6, 6.07) is 3.90. The number of hydrogen-bond donors (Lipinski definition) is 2. The molecule has 0 spiro atoms. The molecule has 0 saturated heterocycles. The Morgan fingerprint density at radius 2 is 2.23 bits per heavy atom. The van der Waals surface area contributed by atoms with Crippen LogP contribution in [0.2, 0.25) is 0 Å². The van der Waals surface area contributed by atoms with Gasteiger partial charge in [-0.2, -0.15) is 4.68 Å². The highest BCUT2D eigenvalue weighted by atomic mass is 16.5. The molecule has 1 aliphatic carbocycles. The van der Waals surface area contributed by atoms with Gasteiger partial charge in [0.15, 0.2) is 5.82 Å². The Balaban J connectivity index is 1.66. The second-order valence-corrected chi connectivity index (χ2v) is 7.04. The van der Waals surface area contributed by atoms with E-state index in [-0.39, 0.29) is 36.4 Å². The molecule has 1 unspecified atom stereocenters. The first-order chi connectivity index (χ1) is 14.6. The van der Waals surface area contributed by atoms with Crippen LogP contribution in [0.25, 0.3) is 0 Å². The molecule has 9 heteroatoms. The highest BCUT2D eigenvalue weighted by Gasteiger charge is 2.34. The zero-order valence-corrected chi connectivity index (χ0v) is 16.7. The van der Waals surface area contributed by atoms with Crippen LogP contribution in [-0.2, 0) is 16.1 Å². The molecule has 4 rings (SSSR count). The first-order valence-electron chi connectivity index (χ1n) is 9.50. The van der Waals surface area contributed by atoms with Crippen molar-refractivity contribution in [1.29, 1.82) is 5.41 Å². The quantitative estimate of drug-likeness (QED) is 0.562. The lowest BCUT2D eigenvalue weighted by atomic mass is 9.89. The standard InChI is InChI=1S/C21H22N6O3/c1-13-7-8-14(23-10-13)11-30-21-17-6-4-3-5-16(17)19-24-25-20(27(19)26-21)18(22)9-15(28)12-29-2/h3-4,6-10,16,22,28H,5,11-12H2,1-2H3/b15-9-,22-18?. The van der Waals surface area contributed by atoms with Gasteiger partial charge in [0.25, 0.3) is 0 Å². The topological polar surface area (TPSA) is 119 Å². The van der Waals surface area contributed by atoms with Crippen LogP contribution in [0.3, 0.4) is 0 Å². The van der Waals surface area contributed by atoms with Crippen molar-refractivity contribution in [1.82, 2.24) is 19.9 Å². The molecule has 154 valence electrons. The van der Waals surface area contributed by atoms with Gasteiger partial charge in [0.2, 0.25) is 11.7 Å². The van der Waals surface area contributed by atoms with Gasteiger partial charge in [-0.15, -0.1) is 15.3 Å². The maximum atomic E-state index is 9.84. The van der Waals surface area contributed by atoms with Crippen molar-refractivity contribution in [3.63, 3.8) is 0 Å². The fourth-order valence-electron chi connectivity index (χ4n) is 3.28. The normalized spacial score (nSPS) is 17.7. The molecule has 0 bridgehead atoms. The van der Waals surface area contributed by atoms with Gasteiger partial charge in [0.1, 0.15) is 24.7 Å². The second-order valence-electron chi connectivity index (χ2n) is 7.04. The molecule has 2 aromatic heterocycles. The summed E-state index contributed by atoms with van der Waals surface area (Å²) < 4.78 is 12.4. The summed E-state index contributed by atoms with van der Waals surface area (Å²) in [5.74, 6) is 1.14. The summed E-state index contributed by atoms with van der Waals surface area (Å²) in [6.07, 6.45) is 9.78. The molecule has 0 fully saturated rings. The molecule has 1 aliphatic heterocycles. The Kier molecular flexibility index (Phi) is 5.53. The number of nitrogens with one attached hydrogen (secondary N) is 1. The van der Waals surface area contributed by atoms with E-state index in [0.29, 0.717) is 11.7 Å². The van der Waals surface area contributed by atoms with Crippen molar-refractivity contribution in [3.05, 3.63) is 76.9 Å². The van der Waals surface area contributed by atoms with Crippen LogP contribution in [0.5, 0.6) is 0 Å². The van der Waals surface area contributed by atoms with Gasteiger partial charge < -0.3 is 14.6 Å². The van der Waals surface area contributed by atoms with Crippen LogP contribution >= 0.6 is 0 Å². The van der Waals surface area contributed by atoms with Crippen LogP contribution in [0.15, 0.2) is 59.1 Å². The van der Waals surface area contributed by atoms with E-state index in [4.69, 9.17) is 14.9 Å². The maximum absolute atomic E-state index is 9.84. The summed E-state index contributed by atoms with van der Waals surface area (Å²) in [4.78, 5) is 4.37. The van der Waals surface area contributed by atoms with Crippen LogP contribution in [0.4, 0.5) is 0 Å². The summed E-state index contributed by atoms with van der Waals surface area (Å²) in [7, 11) is 1.47. The van der Waals surface area contributed by atoms with Gasteiger partial charge in [0.05, 0.1) is 11.6 Å². The Labute approximate surface area is 173 Å². The molecular weight excluding hydrogens is 384 g/mol. The molecule has 0 saturated carbocycles.